The molecule has 1 unspecified atom stereocenters. The van der Waals surface area contributed by atoms with Crippen molar-refractivity contribution in [1.82, 2.24) is 4.90 Å². The number of methoxy groups -OCH3 is 1. The average Bonchev–Trinajstić information content (AvgIpc) is 2.54. The SMILES string of the molecule is COc1ccc(C(=O)CCC(=O)N2CCC(N)C(C)(C)C2)cc1.Cl. The van der Waals surface area contributed by atoms with Gasteiger partial charge in [0, 0.05) is 37.5 Å². The molecule has 24 heavy (non-hydrogen) atoms. The minimum atomic E-state index is -0.0755. The smallest absolute Gasteiger partial charge is 0.223 e. The summed E-state index contributed by atoms with van der Waals surface area (Å²) in [4.78, 5) is 26.4. The van der Waals surface area contributed by atoms with Crippen LogP contribution in [0.4, 0.5) is 0 Å². The zero-order chi connectivity index (χ0) is 17.0. The number of ketones is 1. The zero-order valence-corrected chi connectivity index (χ0v) is 15.4. The monoisotopic (exact) mass is 354 g/mol. The summed E-state index contributed by atoms with van der Waals surface area (Å²) < 4.78 is 5.07. The van der Waals surface area contributed by atoms with Gasteiger partial charge in [-0.05, 0) is 36.1 Å². The van der Waals surface area contributed by atoms with E-state index in [9.17, 15) is 9.59 Å². The molecule has 0 aliphatic carbocycles. The number of carbonyl (C=O) groups excluding carboxylic acids is 2. The van der Waals surface area contributed by atoms with E-state index in [4.69, 9.17) is 10.5 Å². The van der Waals surface area contributed by atoms with Crippen molar-refractivity contribution in [2.75, 3.05) is 20.2 Å². The molecule has 1 atom stereocenters. The third-order valence-corrected chi connectivity index (χ3v) is 4.64. The summed E-state index contributed by atoms with van der Waals surface area (Å²) in [7, 11) is 1.58. The van der Waals surface area contributed by atoms with Gasteiger partial charge in [0.1, 0.15) is 5.75 Å². The number of hydrogen-bond donors (Lipinski definition) is 1. The molecular weight excluding hydrogens is 328 g/mol. The molecule has 0 aromatic heterocycles. The van der Waals surface area contributed by atoms with E-state index in [1.807, 2.05) is 4.90 Å². The molecule has 1 heterocycles. The molecule has 0 bridgehead atoms. The van der Waals surface area contributed by atoms with Crippen molar-refractivity contribution >= 4 is 24.1 Å². The standard InChI is InChI=1S/C18H26N2O3.ClH/c1-18(2)12-20(11-10-16(18)19)17(22)9-8-15(21)13-4-6-14(23-3)7-5-13;/h4-7,16H,8-12,19H2,1-3H3;1H. The van der Waals surface area contributed by atoms with E-state index in [0.29, 0.717) is 24.4 Å². The highest BCUT2D eigenvalue weighted by Crippen LogP contribution is 2.28. The maximum absolute atomic E-state index is 12.3. The number of nitrogens with two attached hydrogens (primary N) is 1. The fourth-order valence-corrected chi connectivity index (χ4v) is 2.89. The van der Waals surface area contributed by atoms with Gasteiger partial charge >= 0.3 is 0 Å². The normalized spacial score (nSPS) is 19.3. The molecule has 134 valence electrons. The number of Topliss-reactive ketones (excluding diaryl/α,β-unsaturated/α-hetero) is 1. The number of likely N-dealkylation sites (tertiary alicyclic amines) is 1. The molecule has 1 aromatic rings. The summed E-state index contributed by atoms with van der Waals surface area (Å²) in [6.07, 6.45) is 1.29. The van der Waals surface area contributed by atoms with Crippen molar-refractivity contribution in [1.29, 1.82) is 0 Å². The number of rotatable bonds is 5. The molecule has 0 radical (unpaired) electrons. The van der Waals surface area contributed by atoms with Crippen LogP contribution in [-0.4, -0.2) is 42.8 Å². The molecule has 1 aliphatic rings. The van der Waals surface area contributed by atoms with E-state index < -0.39 is 0 Å². The molecule has 1 saturated heterocycles. The summed E-state index contributed by atoms with van der Waals surface area (Å²) in [6.45, 7) is 5.50. The van der Waals surface area contributed by atoms with Gasteiger partial charge in [0.15, 0.2) is 5.78 Å². The molecule has 0 spiro atoms. The lowest BCUT2D eigenvalue weighted by Gasteiger charge is -2.42. The molecule has 1 aliphatic heterocycles. The van der Waals surface area contributed by atoms with E-state index in [-0.39, 0.29) is 48.4 Å². The second-order valence-electron chi connectivity index (χ2n) is 6.85. The van der Waals surface area contributed by atoms with Gasteiger partial charge < -0.3 is 15.4 Å². The molecule has 1 aromatic carbocycles. The van der Waals surface area contributed by atoms with Gasteiger partial charge in [-0.1, -0.05) is 13.8 Å². The summed E-state index contributed by atoms with van der Waals surface area (Å²) >= 11 is 0. The van der Waals surface area contributed by atoms with Crippen LogP contribution < -0.4 is 10.5 Å². The van der Waals surface area contributed by atoms with Gasteiger partial charge in [-0.25, -0.2) is 0 Å². The quantitative estimate of drug-likeness (QED) is 0.825. The molecule has 5 nitrogen and oxygen atoms in total. The predicted molar refractivity (Wildman–Crippen MR) is 96.8 cm³/mol. The lowest BCUT2D eigenvalue weighted by Crippen LogP contribution is -2.54. The van der Waals surface area contributed by atoms with Gasteiger partial charge in [-0.3, -0.25) is 9.59 Å². The van der Waals surface area contributed by atoms with Gasteiger partial charge in [0.05, 0.1) is 7.11 Å². The van der Waals surface area contributed by atoms with Crippen molar-refractivity contribution in [2.24, 2.45) is 11.1 Å². The van der Waals surface area contributed by atoms with Crippen LogP contribution in [0.3, 0.4) is 0 Å². The lowest BCUT2D eigenvalue weighted by molar-refractivity contribution is -0.134. The number of benzene rings is 1. The summed E-state index contributed by atoms with van der Waals surface area (Å²) in [5, 5.41) is 0. The fourth-order valence-electron chi connectivity index (χ4n) is 2.89. The van der Waals surface area contributed by atoms with Crippen molar-refractivity contribution in [2.45, 2.75) is 39.2 Å². The van der Waals surface area contributed by atoms with Crippen LogP contribution in [0.5, 0.6) is 5.75 Å². The van der Waals surface area contributed by atoms with Crippen LogP contribution in [0, 0.1) is 5.41 Å². The highest BCUT2D eigenvalue weighted by atomic mass is 35.5. The molecular formula is C18H27ClN2O3. The molecule has 6 heteroatoms. The van der Waals surface area contributed by atoms with E-state index in [1.165, 1.54) is 0 Å². The van der Waals surface area contributed by atoms with Gasteiger partial charge in [-0.15, -0.1) is 12.4 Å². The third-order valence-electron chi connectivity index (χ3n) is 4.64. The van der Waals surface area contributed by atoms with Crippen molar-refractivity contribution in [3.8, 4) is 5.75 Å². The number of amides is 1. The fraction of sp³-hybridized carbons (Fsp3) is 0.556. The molecule has 1 amide bonds. The highest BCUT2D eigenvalue weighted by Gasteiger charge is 2.35. The Morgan fingerprint density at radius 3 is 2.42 bits per heavy atom. The van der Waals surface area contributed by atoms with Crippen molar-refractivity contribution < 1.29 is 14.3 Å². The second kappa shape index (κ2) is 8.49. The number of nitrogens with zero attached hydrogens (tertiary/aromatic N) is 1. The summed E-state index contributed by atoms with van der Waals surface area (Å²) in [6, 6.07) is 7.09. The molecule has 2 rings (SSSR count). The third kappa shape index (κ3) is 4.95. The number of piperidine rings is 1. The van der Waals surface area contributed by atoms with Crippen LogP contribution in [0.25, 0.3) is 0 Å². The van der Waals surface area contributed by atoms with E-state index in [1.54, 1.807) is 31.4 Å². The largest absolute Gasteiger partial charge is 0.497 e. The minimum Gasteiger partial charge on any atom is -0.497 e. The minimum absolute atomic E-state index is 0. The van der Waals surface area contributed by atoms with E-state index >= 15 is 0 Å². The Kier molecular flexibility index (Phi) is 7.24. The second-order valence-corrected chi connectivity index (χ2v) is 6.85. The maximum atomic E-state index is 12.3. The zero-order valence-electron chi connectivity index (χ0n) is 14.6. The van der Waals surface area contributed by atoms with Crippen LogP contribution >= 0.6 is 12.4 Å². The average molecular weight is 355 g/mol. The number of halogens is 1. The number of ether oxygens (including phenoxy) is 1. The van der Waals surface area contributed by atoms with Crippen molar-refractivity contribution in [3.63, 3.8) is 0 Å². The number of carbonyl (C=O) groups is 2. The molecule has 0 saturated carbocycles. The Hall–Kier alpha value is -1.59. The predicted octanol–water partition coefficient (Wildman–Crippen LogP) is 2.67. The first-order valence-corrected chi connectivity index (χ1v) is 8.04. The Morgan fingerprint density at radius 1 is 1.25 bits per heavy atom. The van der Waals surface area contributed by atoms with Gasteiger partial charge in [-0.2, -0.15) is 0 Å². The van der Waals surface area contributed by atoms with Crippen LogP contribution in [0.2, 0.25) is 0 Å². The van der Waals surface area contributed by atoms with Crippen LogP contribution in [-0.2, 0) is 4.79 Å². The van der Waals surface area contributed by atoms with E-state index in [2.05, 4.69) is 13.8 Å². The molecule has 1 fully saturated rings. The van der Waals surface area contributed by atoms with Gasteiger partial charge in [0.25, 0.3) is 0 Å². The highest BCUT2D eigenvalue weighted by molar-refractivity contribution is 5.98. The Balaban J connectivity index is 0.00000288. The first-order chi connectivity index (χ1) is 10.8. The van der Waals surface area contributed by atoms with Crippen molar-refractivity contribution in [3.05, 3.63) is 29.8 Å². The molecule has 2 N–H and O–H groups in total. The first-order valence-electron chi connectivity index (χ1n) is 8.04. The van der Waals surface area contributed by atoms with Crippen LogP contribution in [0.1, 0.15) is 43.5 Å². The Morgan fingerprint density at radius 2 is 1.88 bits per heavy atom. The van der Waals surface area contributed by atoms with Crippen LogP contribution in [0.15, 0.2) is 24.3 Å². The lowest BCUT2D eigenvalue weighted by atomic mass is 9.79. The first kappa shape index (κ1) is 20.5. The Labute approximate surface area is 149 Å². The summed E-state index contributed by atoms with van der Waals surface area (Å²) in [5.41, 5.74) is 6.63. The summed E-state index contributed by atoms with van der Waals surface area (Å²) in [5.74, 6) is 0.727. The maximum Gasteiger partial charge on any atom is 0.223 e. The Bertz CT molecular complexity index is 572. The van der Waals surface area contributed by atoms with Gasteiger partial charge in [0.2, 0.25) is 5.91 Å². The number of hydrogen-bond acceptors (Lipinski definition) is 4. The topological polar surface area (TPSA) is 72.6 Å². The van der Waals surface area contributed by atoms with E-state index in [0.717, 1.165) is 6.42 Å².